The molecule has 0 atom stereocenters. The summed E-state index contributed by atoms with van der Waals surface area (Å²) >= 11 is 1.76. The molecule has 134 valence electrons. The van der Waals surface area contributed by atoms with Crippen molar-refractivity contribution >= 4 is 23.2 Å². The summed E-state index contributed by atoms with van der Waals surface area (Å²) in [7, 11) is 0. The zero-order valence-corrected chi connectivity index (χ0v) is 15.3. The first-order chi connectivity index (χ1) is 12.1. The fourth-order valence-electron chi connectivity index (χ4n) is 3.05. The van der Waals surface area contributed by atoms with Crippen molar-refractivity contribution in [2.75, 3.05) is 13.1 Å². The second-order valence-corrected chi connectivity index (χ2v) is 7.31. The number of imidazole rings is 1. The standard InChI is InChI=1S/C18H24N4O2S/c1-14-19-8-11-21(14)9-2-7-20-17(23)3-4-18(24)22-10-5-16-15(13-22)6-12-25-16/h6,8,11-12H,2-5,7,9-10,13H2,1H3,(H,20,23). The van der Waals surface area contributed by atoms with E-state index in [0.717, 1.165) is 31.8 Å². The van der Waals surface area contributed by atoms with Crippen LogP contribution in [0.2, 0.25) is 0 Å². The number of nitrogens with zero attached hydrogens (tertiary/aromatic N) is 3. The van der Waals surface area contributed by atoms with Crippen molar-refractivity contribution in [1.82, 2.24) is 19.8 Å². The number of carbonyl (C=O) groups is 2. The summed E-state index contributed by atoms with van der Waals surface area (Å²) in [5.41, 5.74) is 1.25. The third kappa shape index (κ3) is 4.69. The van der Waals surface area contributed by atoms with Crippen molar-refractivity contribution in [3.8, 4) is 0 Å². The topological polar surface area (TPSA) is 67.2 Å². The number of thiophene rings is 1. The van der Waals surface area contributed by atoms with E-state index in [2.05, 4.69) is 26.3 Å². The normalized spacial score (nSPS) is 13.6. The van der Waals surface area contributed by atoms with Gasteiger partial charge in [0.05, 0.1) is 0 Å². The van der Waals surface area contributed by atoms with Crippen LogP contribution in [0.4, 0.5) is 0 Å². The molecule has 2 amide bonds. The number of nitrogens with one attached hydrogen (secondary N) is 1. The van der Waals surface area contributed by atoms with Crippen molar-refractivity contribution in [3.63, 3.8) is 0 Å². The lowest BCUT2D eigenvalue weighted by Crippen LogP contribution is -2.36. The van der Waals surface area contributed by atoms with E-state index in [1.807, 2.05) is 18.0 Å². The number of amides is 2. The number of rotatable bonds is 7. The van der Waals surface area contributed by atoms with Crippen LogP contribution < -0.4 is 5.32 Å². The van der Waals surface area contributed by atoms with Gasteiger partial charge < -0.3 is 14.8 Å². The molecule has 1 N–H and O–H groups in total. The van der Waals surface area contributed by atoms with Gasteiger partial charge in [-0.3, -0.25) is 9.59 Å². The van der Waals surface area contributed by atoms with Crippen molar-refractivity contribution in [2.45, 2.75) is 45.7 Å². The summed E-state index contributed by atoms with van der Waals surface area (Å²) in [6.07, 6.45) is 6.04. The number of carbonyl (C=O) groups excluding carboxylic acids is 2. The molecule has 0 radical (unpaired) electrons. The quantitative estimate of drug-likeness (QED) is 0.769. The molecule has 0 saturated heterocycles. The average Bonchev–Trinajstić information content (AvgIpc) is 3.24. The molecular weight excluding hydrogens is 336 g/mol. The largest absolute Gasteiger partial charge is 0.356 e. The second kappa shape index (κ2) is 8.29. The summed E-state index contributed by atoms with van der Waals surface area (Å²) in [6.45, 7) is 4.86. The first kappa shape index (κ1) is 17.7. The Morgan fingerprint density at radius 1 is 1.36 bits per heavy atom. The lowest BCUT2D eigenvalue weighted by Gasteiger charge is -2.27. The summed E-state index contributed by atoms with van der Waals surface area (Å²) in [5.74, 6) is 0.997. The van der Waals surface area contributed by atoms with Gasteiger partial charge in [0, 0.05) is 56.3 Å². The van der Waals surface area contributed by atoms with Crippen LogP contribution in [0.15, 0.2) is 23.8 Å². The Morgan fingerprint density at radius 3 is 3.04 bits per heavy atom. The molecular formula is C18H24N4O2S. The Morgan fingerprint density at radius 2 is 2.24 bits per heavy atom. The highest BCUT2D eigenvalue weighted by molar-refractivity contribution is 7.10. The van der Waals surface area contributed by atoms with E-state index >= 15 is 0 Å². The molecule has 2 aromatic heterocycles. The number of aryl methyl sites for hydroxylation is 2. The summed E-state index contributed by atoms with van der Waals surface area (Å²) < 4.78 is 2.06. The van der Waals surface area contributed by atoms with E-state index in [1.165, 1.54) is 10.4 Å². The predicted octanol–water partition coefficient (Wildman–Crippen LogP) is 2.12. The first-order valence-electron chi connectivity index (χ1n) is 8.71. The van der Waals surface area contributed by atoms with Crippen LogP contribution in [-0.4, -0.2) is 39.4 Å². The van der Waals surface area contributed by atoms with E-state index in [9.17, 15) is 9.59 Å². The molecule has 0 aromatic carbocycles. The number of hydrogen-bond acceptors (Lipinski definition) is 4. The molecule has 3 heterocycles. The van der Waals surface area contributed by atoms with Crippen molar-refractivity contribution in [1.29, 1.82) is 0 Å². The third-order valence-corrected chi connectivity index (χ3v) is 5.57. The molecule has 7 heteroatoms. The van der Waals surface area contributed by atoms with Gasteiger partial charge in [0.2, 0.25) is 11.8 Å². The van der Waals surface area contributed by atoms with Crippen LogP contribution in [-0.2, 0) is 29.1 Å². The Labute approximate surface area is 151 Å². The number of aromatic nitrogens is 2. The van der Waals surface area contributed by atoms with Gasteiger partial charge in [-0.2, -0.15) is 0 Å². The maximum atomic E-state index is 12.3. The first-order valence-corrected chi connectivity index (χ1v) is 9.59. The molecule has 1 aliphatic rings. The molecule has 3 rings (SSSR count). The highest BCUT2D eigenvalue weighted by atomic mass is 32.1. The van der Waals surface area contributed by atoms with Crippen molar-refractivity contribution < 1.29 is 9.59 Å². The van der Waals surface area contributed by atoms with E-state index in [0.29, 0.717) is 13.1 Å². The van der Waals surface area contributed by atoms with Gasteiger partial charge in [-0.1, -0.05) is 0 Å². The zero-order valence-electron chi connectivity index (χ0n) is 14.5. The van der Waals surface area contributed by atoms with Crippen LogP contribution in [0.25, 0.3) is 0 Å². The lowest BCUT2D eigenvalue weighted by atomic mass is 10.1. The highest BCUT2D eigenvalue weighted by Crippen LogP contribution is 2.24. The van der Waals surface area contributed by atoms with Crippen LogP contribution >= 0.6 is 11.3 Å². The average molecular weight is 360 g/mol. The predicted molar refractivity (Wildman–Crippen MR) is 97.3 cm³/mol. The number of hydrogen-bond donors (Lipinski definition) is 1. The third-order valence-electron chi connectivity index (χ3n) is 4.55. The minimum atomic E-state index is -0.0519. The van der Waals surface area contributed by atoms with E-state index in [1.54, 1.807) is 17.5 Å². The molecule has 1 aliphatic heterocycles. The zero-order chi connectivity index (χ0) is 17.6. The maximum absolute atomic E-state index is 12.3. The van der Waals surface area contributed by atoms with Gasteiger partial charge in [0.1, 0.15) is 5.82 Å². The molecule has 6 nitrogen and oxygen atoms in total. The molecule has 0 fully saturated rings. The molecule has 0 bridgehead atoms. The Balaban J connectivity index is 1.32. The minimum Gasteiger partial charge on any atom is -0.356 e. The van der Waals surface area contributed by atoms with E-state index in [4.69, 9.17) is 0 Å². The number of fused-ring (bicyclic) bond motifs is 1. The van der Waals surface area contributed by atoms with Gasteiger partial charge >= 0.3 is 0 Å². The van der Waals surface area contributed by atoms with Crippen LogP contribution in [0.3, 0.4) is 0 Å². The molecule has 0 saturated carbocycles. The van der Waals surface area contributed by atoms with E-state index in [-0.39, 0.29) is 24.7 Å². The van der Waals surface area contributed by atoms with Gasteiger partial charge in [-0.25, -0.2) is 4.98 Å². The van der Waals surface area contributed by atoms with Crippen LogP contribution in [0.1, 0.15) is 35.5 Å². The second-order valence-electron chi connectivity index (χ2n) is 6.31. The van der Waals surface area contributed by atoms with Gasteiger partial charge in [0.15, 0.2) is 0 Å². The van der Waals surface area contributed by atoms with Gasteiger partial charge in [-0.05, 0) is 36.8 Å². The van der Waals surface area contributed by atoms with Crippen molar-refractivity contribution in [3.05, 3.63) is 40.1 Å². The monoisotopic (exact) mass is 360 g/mol. The summed E-state index contributed by atoms with van der Waals surface area (Å²) in [5, 5.41) is 4.97. The Hall–Kier alpha value is -2.15. The smallest absolute Gasteiger partial charge is 0.223 e. The fraction of sp³-hybridized carbons (Fsp3) is 0.500. The summed E-state index contributed by atoms with van der Waals surface area (Å²) in [4.78, 5) is 31.6. The summed E-state index contributed by atoms with van der Waals surface area (Å²) in [6, 6.07) is 2.09. The fourth-order valence-corrected chi connectivity index (χ4v) is 3.94. The van der Waals surface area contributed by atoms with Crippen LogP contribution in [0.5, 0.6) is 0 Å². The molecule has 0 unspecified atom stereocenters. The van der Waals surface area contributed by atoms with E-state index < -0.39 is 0 Å². The molecule has 2 aromatic rings. The Bertz CT molecular complexity index is 737. The van der Waals surface area contributed by atoms with Gasteiger partial charge in [-0.15, -0.1) is 11.3 Å². The molecule has 25 heavy (non-hydrogen) atoms. The Kier molecular flexibility index (Phi) is 5.86. The van der Waals surface area contributed by atoms with Crippen molar-refractivity contribution in [2.24, 2.45) is 0 Å². The molecule has 0 aliphatic carbocycles. The lowest BCUT2D eigenvalue weighted by molar-refractivity contribution is -0.134. The van der Waals surface area contributed by atoms with Crippen LogP contribution in [0, 0.1) is 6.92 Å². The molecule has 0 spiro atoms. The maximum Gasteiger partial charge on any atom is 0.223 e. The minimum absolute atomic E-state index is 0.0519. The van der Waals surface area contributed by atoms with Gasteiger partial charge in [0.25, 0.3) is 0 Å². The highest BCUT2D eigenvalue weighted by Gasteiger charge is 2.21. The SMILES string of the molecule is Cc1nccn1CCCNC(=O)CCC(=O)N1CCc2sccc2C1.